The first-order chi connectivity index (χ1) is 9.46. The number of phenols is 1. The van der Waals surface area contributed by atoms with E-state index in [1.54, 1.807) is 0 Å². The maximum absolute atomic E-state index is 11.7. The molecule has 0 aromatic heterocycles. The summed E-state index contributed by atoms with van der Waals surface area (Å²) >= 11 is 0. The number of esters is 1. The fraction of sp³-hybridized carbons (Fsp3) is 0.562. The van der Waals surface area contributed by atoms with E-state index in [1.807, 2.05) is 0 Å². The number of cyclic esters (lactones) is 1. The summed E-state index contributed by atoms with van der Waals surface area (Å²) in [5.74, 6) is 0.748. The third kappa shape index (κ3) is 3.31. The largest absolute Gasteiger partial charge is 0.508 e. The van der Waals surface area contributed by atoms with Crippen molar-refractivity contribution < 1.29 is 84.8 Å². The van der Waals surface area contributed by atoms with E-state index >= 15 is 0 Å². The van der Waals surface area contributed by atoms with Crippen molar-refractivity contribution in [1.29, 1.82) is 0 Å². The second kappa shape index (κ2) is 7.59. The number of benzene rings is 1. The Kier molecular flexibility index (Phi) is 7.09. The Balaban J connectivity index is 0.00000121. The molecule has 2 aliphatic heterocycles. The Hall–Kier alpha value is 0.498. The second-order valence-electron chi connectivity index (χ2n) is 6.08. The van der Waals surface area contributed by atoms with Crippen LogP contribution in [0.1, 0.15) is 55.1 Å². The molecule has 0 saturated heterocycles. The number of hydrogen-bond acceptors (Lipinski definition) is 4. The van der Waals surface area contributed by atoms with E-state index in [4.69, 9.17) is 9.47 Å². The van der Waals surface area contributed by atoms with E-state index in [0.29, 0.717) is 17.2 Å². The van der Waals surface area contributed by atoms with Gasteiger partial charge in [0.15, 0.2) is 0 Å². The first kappa shape index (κ1) is 20.5. The molecule has 114 valence electrons. The maximum Gasteiger partial charge on any atom is 0.339 e. The van der Waals surface area contributed by atoms with Crippen molar-refractivity contribution in [3.8, 4) is 11.5 Å². The van der Waals surface area contributed by atoms with E-state index < -0.39 is 0 Å². The zero-order valence-corrected chi connectivity index (χ0v) is 19.0. The van der Waals surface area contributed by atoms with Crippen molar-refractivity contribution >= 4 is 5.97 Å². The Morgan fingerprint density at radius 1 is 1.36 bits per heavy atom. The van der Waals surface area contributed by atoms with Crippen molar-refractivity contribution in [2.24, 2.45) is 5.92 Å². The van der Waals surface area contributed by atoms with Crippen LogP contribution in [0.5, 0.6) is 11.5 Å². The summed E-state index contributed by atoms with van der Waals surface area (Å²) in [5, 5.41) is 10.2. The molecule has 2 radical (unpaired) electrons. The number of aromatic hydroxyl groups is 1. The number of hydrogen-bond donors (Lipinski definition) is 1. The average Bonchev–Trinajstić information content (AvgIpc) is 2.74. The summed E-state index contributed by atoms with van der Waals surface area (Å²) in [6.07, 6.45) is 2.75. The topological polar surface area (TPSA) is 55.8 Å². The van der Waals surface area contributed by atoms with Crippen LogP contribution < -0.4 is 4.74 Å². The van der Waals surface area contributed by atoms with Gasteiger partial charge in [0.2, 0.25) is 0 Å². The Morgan fingerprint density at radius 2 is 2.05 bits per heavy atom. The normalized spacial score (nSPS) is 25.0. The SMILES string of the molecule is CCC[C@]1(C)Oc2c(c(O)cc3c2COC3=O)C[C@@H]1C.[Y].[Y]. The van der Waals surface area contributed by atoms with E-state index in [-0.39, 0.29) is 89.3 Å². The summed E-state index contributed by atoms with van der Waals surface area (Å²) in [7, 11) is 0. The van der Waals surface area contributed by atoms with Crippen LogP contribution in [0.25, 0.3) is 0 Å². The molecule has 1 aromatic rings. The quantitative estimate of drug-likeness (QED) is 0.698. The van der Waals surface area contributed by atoms with Crippen LogP contribution in [0, 0.1) is 5.92 Å². The van der Waals surface area contributed by atoms with E-state index in [0.717, 1.165) is 30.4 Å². The molecule has 0 saturated carbocycles. The van der Waals surface area contributed by atoms with Crippen LogP contribution in [-0.4, -0.2) is 16.7 Å². The standard InChI is InChI=1S/C16H20O4.2Y/c1-4-5-16(3)9(2)6-11-13(17)7-10-12(14(11)20-16)8-19-15(10)18;;/h7,9,17H,4-6,8H2,1-3H3;;/t9-,16-;;/m0../s1. The molecule has 0 aliphatic carbocycles. The van der Waals surface area contributed by atoms with Crippen LogP contribution >= 0.6 is 0 Å². The predicted octanol–water partition coefficient (Wildman–Crippen LogP) is 3.19. The molecular formula is C16H20O4Y2. The van der Waals surface area contributed by atoms with E-state index in [1.165, 1.54) is 6.07 Å². The van der Waals surface area contributed by atoms with Gasteiger partial charge in [-0.15, -0.1) is 0 Å². The van der Waals surface area contributed by atoms with Crippen LogP contribution in [-0.2, 0) is 83.2 Å². The van der Waals surface area contributed by atoms with E-state index in [9.17, 15) is 9.90 Å². The maximum atomic E-state index is 11.7. The second-order valence-corrected chi connectivity index (χ2v) is 6.08. The molecule has 4 nitrogen and oxygen atoms in total. The number of phenolic OH excluding ortho intramolecular Hbond substituents is 1. The van der Waals surface area contributed by atoms with Gasteiger partial charge < -0.3 is 14.6 Å². The monoisotopic (exact) mass is 454 g/mol. The molecule has 0 spiro atoms. The van der Waals surface area contributed by atoms with Gasteiger partial charge in [0.1, 0.15) is 23.7 Å². The van der Waals surface area contributed by atoms with E-state index in [2.05, 4.69) is 20.8 Å². The van der Waals surface area contributed by atoms with Gasteiger partial charge in [-0.1, -0.05) is 20.3 Å². The van der Waals surface area contributed by atoms with Gasteiger partial charge in [-0.25, -0.2) is 4.79 Å². The molecule has 0 unspecified atom stereocenters. The van der Waals surface area contributed by atoms with Crippen molar-refractivity contribution in [3.63, 3.8) is 0 Å². The molecular weight excluding hydrogens is 434 g/mol. The number of rotatable bonds is 2. The van der Waals surface area contributed by atoms with Crippen molar-refractivity contribution in [1.82, 2.24) is 0 Å². The smallest absolute Gasteiger partial charge is 0.339 e. The summed E-state index contributed by atoms with van der Waals surface area (Å²) in [5.41, 5.74) is 1.78. The molecule has 2 atom stereocenters. The molecule has 0 fully saturated rings. The minimum Gasteiger partial charge on any atom is -0.508 e. The van der Waals surface area contributed by atoms with Gasteiger partial charge in [0.05, 0.1) is 5.56 Å². The van der Waals surface area contributed by atoms with Crippen molar-refractivity contribution in [2.45, 2.75) is 52.2 Å². The van der Waals surface area contributed by atoms with Gasteiger partial charge in [-0.05, 0) is 31.7 Å². The van der Waals surface area contributed by atoms with Gasteiger partial charge in [-0.2, -0.15) is 0 Å². The molecule has 0 bridgehead atoms. The zero-order valence-electron chi connectivity index (χ0n) is 13.3. The Bertz CT molecular complexity index is 588. The Labute approximate surface area is 181 Å². The first-order valence-corrected chi connectivity index (χ1v) is 7.20. The number of fused-ring (bicyclic) bond motifs is 3. The minimum absolute atomic E-state index is 0. The zero-order chi connectivity index (χ0) is 14.5. The minimum atomic E-state index is -0.377. The molecule has 2 aliphatic rings. The van der Waals surface area contributed by atoms with Gasteiger partial charge in [0, 0.05) is 76.5 Å². The third-order valence-electron chi connectivity index (χ3n) is 4.67. The van der Waals surface area contributed by atoms with Gasteiger partial charge in [-0.3, -0.25) is 0 Å². The average molecular weight is 454 g/mol. The molecule has 0 amide bonds. The molecule has 2 heterocycles. The number of ether oxygens (including phenoxy) is 2. The predicted molar refractivity (Wildman–Crippen MR) is 74.0 cm³/mol. The van der Waals surface area contributed by atoms with Crippen molar-refractivity contribution in [2.75, 3.05) is 0 Å². The van der Waals surface area contributed by atoms with Crippen LogP contribution in [0.15, 0.2) is 6.07 Å². The van der Waals surface area contributed by atoms with Gasteiger partial charge >= 0.3 is 5.97 Å². The Morgan fingerprint density at radius 3 is 2.68 bits per heavy atom. The molecule has 22 heavy (non-hydrogen) atoms. The van der Waals surface area contributed by atoms with Crippen molar-refractivity contribution in [3.05, 3.63) is 22.8 Å². The first-order valence-electron chi connectivity index (χ1n) is 7.20. The van der Waals surface area contributed by atoms with Crippen LogP contribution in [0.2, 0.25) is 0 Å². The van der Waals surface area contributed by atoms with Crippen LogP contribution in [0.4, 0.5) is 0 Å². The number of carbonyl (C=O) groups excluding carboxylic acids is 1. The summed E-state index contributed by atoms with van der Waals surface area (Å²) < 4.78 is 11.3. The molecule has 6 heteroatoms. The number of carbonyl (C=O) groups is 1. The van der Waals surface area contributed by atoms with Gasteiger partial charge in [0.25, 0.3) is 0 Å². The van der Waals surface area contributed by atoms with Crippen LogP contribution in [0.3, 0.4) is 0 Å². The fourth-order valence-electron chi connectivity index (χ4n) is 3.24. The summed E-state index contributed by atoms with van der Waals surface area (Å²) in [6.45, 7) is 6.63. The molecule has 3 rings (SSSR count). The third-order valence-corrected chi connectivity index (χ3v) is 4.67. The molecule has 1 N–H and O–H groups in total. The fourth-order valence-corrected chi connectivity index (χ4v) is 3.24. The molecule has 1 aromatic carbocycles. The summed E-state index contributed by atoms with van der Waals surface area (Å²) in [4.78, 5) is 11.7. The summed E-state index contributed by atoms with van der Waals surface area (Å²) in [6, 6.07) is 1.52.